The number of hydrogen-bond acceptors (Lipinski definition) is 2. The molecule has 0 heterocycles. The lowest BCUT2D eigenvalue weighted by molar-refractivity contribution is -0.143. The normalized spacial score (nSPS) is 13.8. The highest BCUT2D eigenvalue weighted by molar-refractivity contribution is 9.11. The van der Waals surface area contributed by atoms with Crippen LogP contribution in [0.1, 0.15) is 20.3 Å². The average Bonchev–Trinajstić information content (AvgIpc) is 2.14. The van der Waals surface area contributed by atoms with Crippen molar-refractivity contribution in [3.05, 3.63) is 11.1 Å². The SMILES string of the molecule is C=C(Br)CNC(=O)NC(C)(CC)C(=O)O. The fraction of sp³-hybridized carbons (Fsp3) is 0.556. The number of nitrogens with one attached hydrogen (secondary N) is 2. The van der Waals surface area contributed by atoms with Crippen LogP contribution in [0.15, 0.2) is 11.1 Å². The van der Waals surface area contributed by atoms with E-state index in [1.165, 1.54) is 6.92 Å². The number of hydrogen-bond donors (Lipinski definition) is 3. The molecule has 3 N–H and O–H groups in total. The van der Waals surface area contributed by atoms with E-state index in [1.807, 2.05) is 0 Å². The molecule has 0 aromatic heterocycles. The molecule has 5 nitrogen and oxygen atoms in total. The minimum atomic E-state index is -1.24. The maximum atomic E-state index is 11.3. The van der Waals surface area contributed by atoms with E-state index < -0.39 is 17.5 Å². The average molecular weight is 279 g/mol. The van der Waals surface area contributed by atoms with Gasteiger partial charge in [0.2, 0.25) is 0 Å². The molecule has 0 aliphatic heterocycles. The van der Waals surface area contributed by atoms with Crippen LogP contribution in [0, 0.1) is 0 Å². The number of carboxylic acid groups (broad SMARTS) is 1. The minimum Gasteiger partial charge on any atom is -0.480 e. The molecule has 1 atom stereocenters. The molecule has 0 aliphatic rings. The second kappa shape index (κ2) is 5.75. The molecule has 0 fully saturated rings. The van der Waals surface area contributed by atoms with Crippen molar-refractivity contribution in [2.24, 2.45) is 0 Å². The van der Waals surface area contributed by atoms with Gasteiger partial charge in [0, 0.05) is 4.48 Å². The monoisotopic (exact) mass is 278 g/mol. The Labute approximate surface area is 97.1 Å². The van der Waals surface area contributed by atoms with Gasteiger partial charge in [-0.3, -0.25) is 0 Å². The lowest BCUT2D eigenvalue weighted by Crippen LogP contribution is -2.54. The van der Waals surface area contributed by atoms with Crippen molar-refractivity contribution >= 4 is 27.9 Å². The number of halogens is 1. The van der Waals surface area contributed by atoms with Crippen molar-refractivity contribution < 1.29 is 14.7 Å². The first kappa shape index (κ1) is 14.0. The van der Waals surface area contributed by atoms with E-state index >= 15 is 0 Å². The van der Waals surface area contributed by atoms with E-state index in [4.69, 9.17) is 5.11 Å². The van der Waals surface area contributed by atoms with E-state index in [-0.39, 0.29) is 6.54 Å². The molecule has 0 saturated heterocycles. The van der Waals surface area contributed by atoms with Gasteiger partial charge in [0.05, 0.1) is 6.54 Å². The fourth-order valence-corrected chi connectivity index (χ4v) is 0.904. The van der Waals surface area contributed by atoms with Crippen LogP contribution in [0.4, 0.5) is 4.79 Å². The Morgan fingerprint density at radius 1 is 1.53 bits per heavy atom. The molecule has 15 heavy (non-hydrogen) atoms. The van der Waals surface area contributed by atoms with Crippen molar-refractivity contribution in [1.82, 2.24) is 10.6 Å². The molecule has 0 saturated carbocycles. The van der Waals surface area contributed by atoms with Crippen LogP contribution in [0.2, 0.25) is 0 Å². The number of aliphatic carboxylic acids is 1. The first-order valence-electron chi connectivity index (χ1n) is 4.44. The van der Waals surface area contributed by atoms with Gasteiger partial charge in [0.1, 0.15) is 5.54 Å². The minimum absolute atomic E-state index is 0.255. The summed E-state index contributed by atoms with van der Waals surface area (Å²) in [5.74, 6) is -1.06. The molecule has 0 radical (unpaired) electrons. The van der Waals surface area contributed by atoms with Gasteiger partial charge in [-0.25, -0.2) is 9.59 Å². The summed E-state index contributed by atoms with van der Waals surface area (Å²) in [6, 6.07) is -0.526. The van der Waals surface area contributed by atoms with Crippen LogP contribution >= 0.6 is 15.9 Å². The van der Waals surface area contributed by atoms with Gasteiger partial charge in [-0.05, 0) is 13.3 Å². The van der Waals surface area contributed by atoms with Crippen molar-refractivity contribution in [1.29, 1.82) is 0 Å². The highest BCUT2D eigenvalue weighted by Gasteiger charge is 2.32. The molecular formula is C9H15BrN2O3. The number of carbonyl (C=O) groups is 2. The molecule has 0 aliphatic carbocycles. The van der Waals surface area contributed by atoms with E-state index in [0.29, 0.717) is 10.9 Å². The summed E-state index contributed by atoms with van der Waals surface area (Å²) in [6.07, 6.45) is 0.311. The van der Waals surface area contributed by atoms with Crippen molar-refractivity contribution in [2.75, 3.05) is 6.54 Å². The summed E-state index contributed by atoms with van der Waals surface area (Å²) >= 11 is 3.08. The fourth-order valence-electron chi connectivity index (χ4n) is 0.764. The topological polar surface area (TPSA) is 78.4 Å². The zero-order valence-electron chi connectivity index (χ0n) is 8.76. The first-order valence-corrected chi connectivity index (χ1v) is 5.24. The standard InChI is InChI=1S/C9H15BrN2O3/c1-4-9(3,7(13)14)12-8(15)11-5-6(2)10/h2,4-5H2,1,3H3,(H,13,14)(H2,11,12,15). The highest BCUT2D eigenvalue weighted by atomic mass is 79.9. The summed E-state index contributed by atoms with van der Waals surface area (Å²) < 4.78 is 0.617. The van der Waals surface area contributed by atoms with Gasteiger partial charge in [-0.2, -0.15) is 0 Å². The van der Waals surface area contributed by atoms with Gasteiger partial charge in [0.25, 0.3) is 0 Å². The Morgan fingerprint density at radius 2 is 2.07 bits per heavy atom. The zero-order chi connectivity index (χ0) is 12.1. The zero-order valence-corrected chi connectivity index (χ0v) is 10.3. The van der Waals surface area contributed by atoms with E-state index in [9.17, 15) is 9.59 Å². The number of urea groups is 1. The van der Waals surface area contributed by atoms with Crippen LogP contribution in [0.3, 0.4) is 0 Å². The summed E-state index contributed by atoms with van der Waals surface area (Å²) in [7, 11) is 0. The Morgan fingerprint density at radius 3 is 2.40 bits per heavy atom. The molecule has 2 amide bonds. The number of carboxylic acids is 1. The second-order valence-electron chi connectivity index (χ2n) is 3.32. The van der Waals surface area contributed by atoms with Crippen LogP contribution in [-0.2, 0) is 4.79 Å². The third-order valence-electron chi connectivity index (χ3n) is 2.01. The third kappa shape index (κ3) is 4.83. The van der Waals surface area contributed by atoms with Gasteiger partial charge in [-0.15, -0.1) is 0 Å². The summed E-state index contributed by atoms with van der Waals surface area (Å²) in [5.41, 5.74) is -1.24. The summed E-state index contributed by atoms with van der Waals surface area (Å²) in [4.78, 5) is 22.1. The Balaban J connectivity index is 4.25. The summed E-state index contributed by atoms with van der Waals surface area (Å²) in [5, 5.41) is 13.7. The molecule has 6 heteroatoms. The molecule has 0 aromatic carbocycles. The maximum absolute atomic E-state index is 11.3. The third-order valence-corrected chi connectivity index (χ3v) is 2.29. The lowest BCUT2D eigenvalue weighted by atomic mass is 10.00. The Hall–Kier alpha value is -1.04. The molecule has 0 rings (SSSR count). The van der Waals surface area contributed by atoms with E-state index in [2.05, 4.69) is 33.1 Å². The number of rotatable bonds is 5. The van der Waals surface area contributed by atoms with Gasteiger partial charge in [-0.1, -0.05) is 29.4 Å². The molecular weight excluding hydrogens is 264 g/mol. The Kier molecular flexibility index (Phi) is 5.35. The van der Waals surface area contributed by atoms with Crippen LogP contribution in [-0.4, -0.2) is 29.2 Å². The van der Waals surface area contributed by atoms with E-state index in [1.54, 1.807) is 6.92 Å². The summed E-state index contributed by atoms with van der Waals surface area (Å²) in [6.45, 7) is 6.94. The maximum Gasteiger partial charge on any atom is 0.329 e. The molecule has 86 valence electrons. The van der Waals surface area contributed by atoms with Crippen LogP contribution in [0.5, 0.6) is 0 Å². The number of amides is 2. The smallest absolute Gasteiger partial charge is 0.329 e. The predicted octanol–water partition coefficient (Wildman–Crippen LogP) is 1.45. The number of carbonyl (C=O) groups excluding carboxylic acids is 1. The molecule has 0 aromatic rings. The molecule has 0 spiro atoms. The van der Waals surface area contributed by atoms with Gasteiger partial charge >= 0.3 is 12.0 Å². The first-order chi connectivity index (χ1) is 6.81. The Bertz CT molecular complexity index is 281. The van der Waals surface area contributed by atoms with Gasteiger partial charge < -0.3 is 15.7 Å². The highest BCUT2D eigenvalue weighted by Crippen LogP contribution is 2.08. The van der Waals surface area contributed by atoms with Crippen LogP contribution < -0.4 is 10.6 Å². The lowest BCUT2D eigenvalue weighted by Gasteiger charge is -2.24. The van der Waals surface area contributed by atoms with E-state index in [0.717, 1.165) is 0 Å². The van der Waals surface area contributed by atoms with Crippen molar-refractivity contribution in [3.8, 4) is 0 Å². The quantitative estimate of drug-likeness (QED) is 0.712. The van der Waals surface area contributed by atoms with Crippen molar-refractivity contribution in [2.45, 2.75) is 25.8 Å². The molecule has 0 bridgehead atoms. The largest absolute Gasteiger partial charge is 0.480 e. The predicted molar refractivity (Wildman–Crippen MR) is 60.9 cm³/mol. The van der Waals surface area contributed by atoms with Gasteiger partial charge in [0.15, 0.2) is 0 Å². The van der Waals surface area contributed by atoms with Crippen LogP contribution in [0.25, 0.3) is 0 Å². The second-order valence-corrected chi connectivity index (χ2v) is 4.44. The molecule has 1 unspecified atom stereocenters. The van der Waals surface area contributed by atoms with Crippen molar-refractivity contribution in [3.63, 3.8) is 0 Å².